The van der Waals surface area contributed by atoms with Crippen LogP contribution in [0.5, 0.6) is 0 Å². The number of guanidine groups is 1. The maximum absolute atomic E-state index is 4.41. The zero-order valence-corrected chi connectivity index (χ0v) is 8.95. The van der Waals surface area contributed by atoms with Crippen molar-refractivity contribution in [3.63, 3.8) is 0 Å². The summed E-state index contributed by atoms with van der Waals surface area (Å²) < 4.78 is 0. The van der Waals surface area contributed by atoms with Crippen LogP contribution in [-0.4, -0.2) is 24.0 Å². The van der Waals surface area contributed by atoms with E-state index in [1.807, 2.05) is 25.1 Å². The second-order valence-corrected chi connectivity index (χ2v) is 3.63. The maximum atomic E-state index is 4.41. The molecule has 4 nitrogen and oxygen atoms in total. The largest absolute Gasteiger partial charge is 0.356 e. The summed E-state index contributed by atoms with van der Waals surface area (Å²) in [7, 11) is 0. The molecule has 0 bridgehead atoms. The van der Waals surface area contributed by atoms with Crippen LogP contribution in [-0.2, 0) is 6.54 Å². The first-order valence-electron chi connectivity index (χ1n) is 5.29. The van der Waals surface area contributed by atoms with Crippen LogP contribution in [0.4, 0.5) is 0 Å². The van der Waals surface area contributed by atoms with Gasteiger partial charge in [0.15, 0.2) is 5.96 Å². The fourth-order valence-corrected chi connectivity index (χ4v) is 1.52. The molecule has 0 atom stereocenters. The summed E-state index contributed by atoms with van der Waals surface area (Å²) in [4.78, 5) is 8.75. The van der Waals surface area contributed by atoms with Crippen molar-refractivity contribution in [2.24, 2.45) is 4.99 Å². The Kier molecular flexibility index (Phi) is 3.17. The van der Waals surface area contributed by atoms with Crippen molar-refractivity contribution in [3.8, 4) is 0 Å². The van der Waals surface area contributed by atoms with Gasteiger partial charge in [0, 0.05) is 18.8 Å². The highest BCUT2D eigenvalue weighted by Gasteiger charge is 2.03. The fourth-order valence-electron chi connectivity index (χ4n) is 1.52. The van der Waals surface area contributed by atoms with Gasteiger partial charge in [0.1, 0.15) is 0 Å². The topological polar surface area (TPSA) is 49.3 Å². The lowest BCUT2D eigenvalue weighted by Gasteiger charge is -2.15. The van der Waals surface area contributed by atoms with Gasteiger partial charge in [-0.3, -0.25) is 9.98 Å². The van der Waals surface area contributed by atoms with Crippen LogP contribution in [0, 0.1) is 6.92 Å². The quantitative estimate of drug-likeness (QED) is 0.750. The number of hydrogen-bond donors (Lipinski definition) is 2. The van der Waals surface area contributed by atoms with E-state index >= 15 is 0 Å². The molecule has 4 heteroatoms. The lowest BCUT2D eigenvalue weighted by molar-refractivity contribution is 0.698. The second-order valence-electron chi connectivity index (χ2n) is 3.63. The SMILES string of the molecule is Cc1cccc(CNC2=NCCCN2)n1. The molecule has 1 aliphatic rings. The van der Waals surface area contributed by atoms with Crippen molar-refractivity contribution < 1.29 is 0 Å². The number of pyridine rings is 1. The Morgan fingerprint density at radius 1 is 1.47 bits per heavy atom. The van der Waals surface area contributed by atoms with E-state index in [2.05, 4.69) is 20.6 Å². The molecule has 0 spiro atoms. The summed E-state index contributed by atoms with van der Waals surface area (Å²) >= 11 is 0. The molecule has 1 aliphatic heterocycles. The van der Waals surface area contributed by atoms with Crippen molar-refractivity contribution in [1.82, 2.24) is 15.6 Å². The summed E-state index contributed by atoms with van der Waals surface area (Å²) in [5.41, 5.74) is 2.10. The van der Waals surface area contributed by atoms with Crippen LogP contribution in [0.25, 0.3) is 0 Å². The molecule has 0 aromatic carbocycles. The average molecular weight is 204 g/mol. The van der Waals surface area contributed by atoms with Crippen LogP contribution in [0.2, 0.25) is 0 Å². The maximum Gasteiger partial charge on any atom is 0.191 e. The van der Waals surface area contributed by atoms with Crippen LogP contribution < -0.4 is 10.6 Å². The minimum Gasteiger partial charge on any atom is -0.356 e. The van der Waals surface area contributed by atoms with E-state index in [0.29, 0.717) is 0 Å². The van der Waals surface area contributed by atoms with Gasteiger partial charge in [0.05, 0.1) is 12.2 Å². The molecule has 0 amide bonds. The van der Waals surface area contributed by atoms with Gasteiger partial charge in [0.25, 0.3) is 0 Å². The average Bonchev–Trinajstić information content (AvgIpc) is 2.28. The Labute approximate surface area is 89.8 Å². The smallest absolute Gasteiger partial charge is 0.191 e. The van der Waals surface area contributed by atoms with Gasteiger partial charge in [0.2, 0.25) is 0 Å². The van der Waals surface area contributed by atoms with E-state index in [-0.39, 0.29) is 0 Å². The van der Waals surface area contributed by atoms with E-state index in [1.54, 1.807) is 0 Å². The third-order valence-corrected chi connectivity index (χ3v) is 2.28. The van der Waals surface area contributed by atoms with E-state index < -0.39 is 0 Å². The molecule has 0 fully saturated rings. The number of nitrogens with one attached hydrogen (secondary N) is 2. The predicted molar refractivity (Wildman–Crippen MR) is 60.7 cm³/mol. The normalized spacial score (nSPS) is 15.4. The summed E-state index contributed by atoms with van der Waals surface area (Å²) in [5, 5.41) is 6.46. The van der Waals surface area contributed by atoms with E-state index in [0.717, 1.165) is 43.4 Å². The Bertz CT molecular complexity index is 359. The molecule has 2 N–H and O–H groups in total. The molecule has 0 aliphatic carbocycles. The summed E-state index contributed by atoms with van der Waals surface area (Å²) in [6.07, 6.45) is 1.12. The number of aliphatic imine (C=N–C) groups is 1. The van der Waals surface area contributed by atoms with Gasteiger partial charge in [-0.1, -0.05) is 6.07 Å². The van der Waals surface area contributed by atoms with Crippen molar-refractivity contribution in [1.29, 1.82) is 0 Å². The Morgan fingerprint density at radius 2 is 2.40 bits per heavy atom. The van der Waals surface area contributed by atoms with Gasteiger partial charge in [-0.15, -0.1) is 0 Å². The molecule has 0 saturated heterocycles. The van der Waals surface area contributed by atoms with Gasteiger partial charge >= 0.3 is 0 Å². The Morgan fingerprint density at radius 3 is 3.13 bits per heavy atom. The molecular weight excluding hydrogens is 188 g/mol. The highest BCUT2D eigenvalue weighted by Crippen LogP contribution is 1.97. The molecule has 2 heterocycles. The molecule has 1 aromatic rings. The highest BCUT2D eigenvalue weighted by atomic mass is 15.2. The minimum absolute atomic E-state index is 0.730. The van der Waals surface area contributed by atoms with E-state index in [1.165, 1.54) is 0 Å². The number of aromatic nitrogens is 1. The van der Waals surface area contributed by atoms with E-state index in [4.69, 9.17) is 0 Å². The highest BCUT2D eigenvalue weighted by molar-refractivity contribution is 5.80. The standard InChI is InChI=1S/C11H16N4/c1-9-4-2-5-10(15-9)8-14-11-12-6-3-7-13-11/h2,4-5H,3,6-8H2,1H3,(H2,12,13,14). The van der Waals surface area contributed by atoms with Crippen molar-refractivity contribution in [2.45, 2.75) is 19.9 Å². The molecule has 1 aromatic heterocycles. The first-order chi connectivity index (χ1) is 7.34. The third-order valence-electron chi connectivity index (χ3n) is 2.28. The first-order valence-corrected chi connectivity index (χ1v) is 5.29. The predicted octanol–water partition coefficient (Wildman–Crippen LogP) is 0.829. The number of aryl methyl sites for hydroxylation is 1. The summed E-state index contributed by atoms with van der Waals surface area (Å²) in [6.45, 7) is 4.65. The number of nitrogens with zero attached hydrogens (tertiary/aromatic N) is 2. The van der Waals surface area contributed by atoms with Crippen molar-refractivity contribution in [2.75, 3.05) is 13.1 Å². The molecule has 15 heavy (non-hydrogen) atoms. The van der Waals surface area contributed by atoms with Crippen LogP contribution in [0.3, 0.4) is 0 Å². The molecule has 80 valence electrons. The lowest BCUT2D eigenvalue weighted by atomic mass is 10.3. The number of rotatable bonds is 2. The van der Waals surface area contributed by atoms with Gasteiger partial charge in [-0.25, -0.2) is 0 Å². The lowest BCUT2D eigenvalue weighted by Crippen LogP contribution is -2.40. The van der Waals surface area contributed by atoms with Gasteiger partial charge in [-0.2, -0.15) is 0 Å². The zero-order valence-electron chi connectivity index (χ0n) is 8.95. The zero-order chi connectivity index (χ0) is 10.5. The van der Waals surface area contributed by atoms with Crippen molar-refractivity contribution in [3.05, 3.63) is 29.6 Å². The van der Waals surface area contributed by atoms with E-state index in [9.17, 15) is 0 Å². The molecule has 0 unspecified atom stereocenters. The van der Waals surface area contributed by atoms with Gasteiger partial charge in [-0.05, 0) is 25.5 Å². The number of hydrogen-bond acceptors (Lipinski definition) is 4. The molecular formula is C11H16N4. The molecule has 2 rings (SSSR count). The Hall–Kier alpha value is -1.58. The van der Waals surface area contributed by atoms with Crippen LogP contribution >= 0.6 is 0 Å². The summed E-state index contributed by atoms with van der Waals surface area (Å²) in [6, 6.07) is 6.04. The summed E-state index contributed by atoms with van der Waals surface area (Å²) in [5.74, 6) is 0.893. The minimum atomic E-state index is 0.730. The van der Waals surface area contributed by atoms with Crippen LogP contribution in [0.15, 0.2) is 23.2 Å². The third kappa shape index (κ3) is 2.94. The Balaban J connectivity index is 1.90. The fraction of sp³-hybridized carbons (Fsp3) is 0.455. The first kappa shape index (κ1) is 9.96. The molecule has 0 radical (unpaired) electrons. The molecule has 0 saturated carbocycles. The second kappa shape index (κ2) is 4.77. The van der Waals surface area contributed by atoms with Gasteiger partial charge < -0.3 is 10.6 Å². The van der Waals surface area contributed by atoms with Crippen molar-refractivity contribution >= 4 is 5.96 Å². The monoisotopic (exact) mass is 204 g/mol. The van der Waals surface area contributed by atoms with Crippen LogP contribution in [0.1, 0.15) is 17.8 Å².